The zero-order valence-corrected chi connectivity index (χ0v) is 8.16. The zero-order chi connectivity index (χ0) is 10.4. The van der Waals surface area contributed by atoms with Crippen LogP contribution in [0.4, 0.5) is 0 Å². The molecule has 0 unspecified atom stereocenters. The number of pyridine rings is 1. The van der Waals surface area contributed by atoms with Gasteiger partial charge in [0, 0.05) is 24.4 Å². The summed E-state index contributed by atoms with van der Waals surface area (Å²) in [7, 11) is -3.90. The van der Waals surface area contributed by atoms with Crippen molar-refractivity contribution in [3.8, 4) is 11.8 Å². The second kappa shape index (κ2) is 4.74. The van der Waals surface area contributed by atoms with Gasteiger partial charge in [0.15, 0.2) is 0 Å². The molecule has 0 aromatic carbocycles. The van der Waals surface area contributed by atoms with Crippen molar-refractivity contribution >= 4 is 10.1 Å². The first kappa shape index (κ1) is 10.7. The lowest BCUT2D eigenvalue weighted by Gasteiger charge is -1.88. The van der Waals surface area contributed by atoms with Crippen LogP contribution in [0.1, 0.15) is 12.0 Å². The molecule has 0 saturated heterocycles. The Morgan fingerprint density at radius 2 is 2.29 bits per heavy atom. The number of hydrogen-bond acceptors (Lipinski definition) is 3. The van der Waals surface area contributed by atoms with Crippen molar-refractivity contribution < 1.29 is 13.0 Å². The van der Waals surface area contributed by atoms with Crippen LogP contribution in [-0.2, 0) is 10.1 Å². The third kappa shape index (κ3) is 4.60. The van der Waals surface area contributed by atoms with Gasteiger partial charge < -0.3 is 0 Å². The molecule has 1 aromatic heterocycles. The predicted molar refractivity (Wildman–Crippen MR) is 52.1 cm³/mol. The fourth-order valence-corrected chi connectivity index (χ4v) is 1.14. The van der Waals surface area contributed by atoms with Crippen LogP contribution in [0.25, 0.3) is 0 Å². The molecule has 14 heavy (non-hydrogen) atoms. The lowest BCUT2D eigenvalue weighted by atomic mass is 10.3. The third-order valence-electron chi connectivity index (χ3n) is 1.38. The van der Waals surface area contributed by atoms with Crippen molar-refractivity contribution in [3.63, 3.8) is 0 Å². The minimum atomic E-state index is -3.90. The van der Waals surface area contributed by atoms with Crippen LogP contribution in [0.3, 0.4) is 0 Å². The highest BCUT2D eigenvalue weighted by Gasteiger charge is 2.00. The summed E-state index contributed by atoms with van der Waals surface area (Å²) in [6.07, 6.45) is 3.33. The maximum absolute atomic E-state index is 10.3. The summed E-state index contributed by atoms with van der Waals surface area (Å²) in [5.74, 6) is 5.03. The predicted octanol–water partition coefficient (Wildman–Crippen LogP) is 0.711. The van der Waals surface area contributed by atoms with E-state index < -0.39 is 10.1 Å². The standard InChI is InChI=1S/C9H9NO3S/c11-14(12,13)7-2-1-4-9-5-3-6-10-8-9/h3,5-6,8H,2,7H2,(H,11,12,13). The minimum absolute atomic E-state index is 0.119. The lowest BCUT2D eigenvalue weighted by Crippen LogP contribution is -2.02. The second-order valence-corrected chi connectivity index (χ2v) is 4.15. The summed E-state index contributed by atoms with van der Waals surface area (Å²) < 4.78 is 29.0. The van der Waals surface area contributed by atoms with Gasteiger partial charge in [-0.25, -0.2) is 0 Å². The Labute approximate surface area is 82.7 Å². The number of aromatic nitrogens is 1. The first-order valence-electron chi connectivity index (χ1n) is 3.92. The Morgan fingerprint density at radius 1 is 1.50 bits per heavy atom. The highest BCUT2D eigenvalue weighted by atomic mass is 32.2. The molecule has 0 saturated carbocycles. The Hall–Kier alpha value is -1.38. The Balaban J connectivity index is 2.50. The SMILES string of the molecule is O=S(=O)(O)CCC#Cc1cccnc1. The van der Waals surface area contributed by atoms with E-state index in [9.17, 15) is 8.42 Å². The monoisotopic (exact) mass is 211 g/mol. The highest BCUT2D eigenvalue weighted by molar-refractivity contribution is 7.85. The van der Waals surface area contributed by atoms with Crippen LogP contribution in [-0.4, -0.2) is 23.7 Å². The molecule has 1 aromatic rings. The van der Waals surface area contributed by atoms with E-state index in [-0.39, 0.29) is 12.2 Å². The van der Waals surface area contributed by atoms with E-state index >= 15 is 0 Å². The van der Waals surface area contributed by atoms with E-state index in [0.717, 1.165) is 5.56 Å². The van der Waals surface area contributed by atoms with Gasteiger partial charge in [-0.05, 0) is 12.1 Å². The van der Waals surface area contributed by atoms with Gasteiger partial charge in [-0.3, -0.25) is 9.54 Å². The van der Waals surface area contributed by atoms with Gasteiger partial charge in [-0.1, -0.05) is 11.8 Å². The van der Waals surface area contributed by atoms with E-state index in [2.05, 4.69) is 16.8 Å². The fraction of sp³-hybridized carbons (Fsp3) is 0.222. The molecule has 1 N–H and O–H groups in total. The molecular formula is C9H9NO3S. The van der Waals surface area contributed by atoms with E-state index in [4.69, 9.17) is 4.55 Å². The summed E-state index contributed by atoms with van der Waals surface area (Å²) in [6, 6.07) is 3.51. The smallest absolute Gasteiger partial charge is 0.265 e. The van der Waals surface area contributed by atoms with Gasteiger partial charge in [0.05, 0.1) is 5.75 Å². The number of rotatable bonds is 2. The average molecular weight is 211 g/mol. The van der Waals surface area contributed by atoms with Gasteiger partial charge in [0.25, 0.3) is 10.1 Å². The van der Waals surface area contributed by atoms with Gasteiger partial charge in [-0.15, -0.1) is 0 Å². The van der Waals surface area contributed by atoms with E-state index in [1.165, 1.54) is 0 Å². The molecule has 74 valence electrons. The van der Waals surface area contributed by atoms with Gasteiger partial charge in [0.1, 0.15) is 0 Å². The zero-order valence-electron chi connectivity index (χ0n) is 7.34. The van der Waals surface area contributed by atoms with Gasteiger partial charge >= 0.3 is 0 Å². The molecule has 0 aliphatic heterocycles. The summed E-state index contributed by atoms with van der Waals surface area (Å²) >= 11 is 0. The van der Waals surface area contributed by atoms with Crippen LogP contribution in [0, 0.1) is 11.8 Å². The topological polar surface area (TPSA) is 67.3 Å². The quantitative estimate of drug-likeness (QED) is 0.578. The summed E-state index contributed by atoms with van der Waals surface area (Å²) in [5, 5.41) is 0. The molecule has 0 amide bonds. The van der Waals surface area contributed by atoms with Gasteiger partial charge in [0.2, 0.25) is 0 Å². The van der Waals surface area contributed by atoms with Crippen molar-refractivity contribution in [2.75, 3.05) is 5.75 Å². The normalized spacial score (nSPS) is 10.4. The molecule has 5 heteroatoms. The van der Waals surface area contributed by atoms with Crippen LogP contribution in [0.2, 0.25) is 0 Å². The molecule has 0 atom stereocenters. The maximum atomic E-state index is 10.3. The van der Waals surface area contributed by atoms with Crippen LogP contribution in [0.5, 0.6) is 0 Å². The highest BCUT2D eigenvalue weighted by Crippen LogP contribution is 1.92. The van der Waals surface area contributed by atoms with E-state index in [0.29, 0.717) is 0 Å². The summed E-state index contributed by atoms with van der Waals surface area (Å²) in [4.78, 5) is 3.84. The second-order valence-electron chi connectivity index (χ2n) is 2.58. The molecule has 0 radical (unpaired) electrons. The number of hydrogen-bond donors (Lipinski definition) is 1. The van der Waals surface area contributed by atoms with Crippen LogP contribution >= 0.6 is 0 Å². The van der Waals surface area contributed by atoms with Crippen molar-refractivity contribution in [2.24, 2.45) is 0 Å². The minimum Gasteiger partial charge on any atom is -0.286 e. The molecular weight excluding hydrogens is 202 g/mol. The summed E-state index contributed by atoms with van der Waals surface area (Å²) in [6.45, 7) is 0. The van der Waals surface area contributed by atoms with Crippen molar-refractivity contribution in [3.05, 3.63) is 30.1 Å². The first-order chi connectivity index (χ1) is 6.58. The first-order valence-corrected chi connectivity index (χ1v) is 5.53. The molecule has 1 heterocycles. The Morgan fingerprint density at radius 3 is 2.86 bits per heavy atom. The molecule has 0 fully saturated rings. The molecule has 4 nitrogen and oxygen atoms in total. The fourth-order valence-electron chi connectivity index (χ4n) is 0.781. The molecule has 1 rings (SSSR count). The molecule has 0 aliphatic rings. The maximum Gasteiger partial charge on any atom is 0.265 e. The Kier molecular flexibility index (Phi) is 3.63. The molecule has 0 bridgehead atoms. The molecule has 0 aliphatic carbocycles. The van der Waals surface area contributed by atoms with Crippen molar-refractivity contribution in [1.29, 1.82) is 0 Å². The lowest BCUT2D eigenvalue weighted by molar-refractivity contribution is 0.483. The largest absolute Gasteiger partial charge is 0.286 e. The Bertz CT molecular complexity index is 442. The van der Waals surface area contributed by atoms with E-state index in [1.807, 2.05) is 0 Å². The molecule has 0 spiro atoms. The van der Waals surface area contributed by atoms with E-state index in [1.54, 1.807) is 24.5 Å². The third-order valence-corrected chi connectivity index (χ3v) is 2.10. The van der Waals surface area contributed by atoms with Crippen molar-refractivity contribution in [1.82, 2.24) is 4.98 Å². The summed E-state index contributed by atoms with van der Waals surface area (Å²) in [5.41, 5.74) is 0.725. The van der Waals surface area contributed by atoms with Crippen molar-refractivity contribution in [2.45, 2.75) is 6.42 Å². The van der Waals surface area contributed by atoms with Crippen LogP contribution in [0.15, 0.2) is 24.5 Å². The average Bonchev–Trinajstić information content (AvgIpc) is 2.13. The van der Waals surface area contributed by atoms with Crippen LogP contribution < -0.4 is 0 Å². The van der Waals surface area contributed by atoms with Gasteiger partial charge in [-0.2, -0.15) is 8.42 Å². The number of nitrogens with zero attached hydrogens (tertiary/aromatic N) is 1.